The summed E-state index contributed by atoms with van der Waals surface area (Å²) in [7, 11) is 0. The number of benzene rings is 1. The summed E-state index contributed by atoms with van der Waals surface area (Å²) in [5.41, 5.74) is 8.39. The first kappa shape index (κ1) is 22.8. The van der Waals surface area contributed by atoms with Crippen LogP contribution in [0.4, 0.5) is 5.69 Å². The molecule has 158 valence electrons. The Morgan fingerprint density at radius 1 is 0.893 bits per heavy atom. The monoisotopic (exact) mass is 386 g/mol. The van der Waals surface area contributed by atoms with Crippen LogP contribution in [-0.4, -0.2) is 11.9 Å². The van der Waals surface area contributed by atoms with E-state index in [0.717, 1.165) is 12.1 Å². The maximum absolute atomic E-state index is 11.3. The van der Waals surface area contributed by atoms with Crippen LogP contribution in [0.5, 0.6) is 0 Å². The molecule has 1 aromatic carbocycles. The van der Waals surface area contributed by atoms with E-state index in [4.69, 9.17) is 5.73 Å². The van der Waals surface area contributed by atoms with E-state index in [-0.39, 0.29) is 5.91 Å². The van der Waals surface area contributed by atoms with Crippen LogP contribution in [-0.2, 0) is 6.42 Å². The van der Waals surface area contributed by atoms with Crippen molar-refractivity contribution < 1.29 is 4.79 Å². The summed E-state index contributed by atoms with van der Waals surface area (Å²) in [4.78, 5) is 11.3. The standard InChI is InChI=1S/C25H42N2O/c1-2-3-4-5-6-7-8-9-10-11-12-13-14-15-16-23-19-21-17-18-22(25(26)28)20-24(21)27-23/h17-18,20,23,27H,2-16,19H2,1H3,(H2,26,28). The first-order chi connectivity index (χ1) is 13.7. The highest BCUT2D eigenvalue weighted by atomic mass is 16.1. The number of primary amides is 1. The number of nitrogens with two attached hydrogens (primary N) is 1. The summed E-state index contributed by atoms with van der Waals surface area (Å²) in [6.45, 7) is 2.28. The second-order valence-electron chi connectivity index (χ2n) is 8.67. The molecule has 1 amide bonds. The van der Waals surface area contributed by atoms with Gasteiger partial charge in [-0.25, -0.2) is 0 Å². The van der Waals surface area contributed by atoms with Crippen LogP contribution >= 0.6 is 0 Å². The fourth-order valence-electron chi connectivity index (χ4n) is 4.34. The van der Waals surface area contributed by atoms with Gasteiger partial charge in [-0.05, 0) is 30.5 Å². The molecule has 3 heteroatoms. The Morgan fingerprint density at radius 3 is 1.96 bits per heavy atom. The Kier molecular flexibility index (Phi) is 11.1. The van der Waals surface area contributed by atoms with E-state index in [1.165, 1.54) is 102 Å². The Bertz CT molecular complexity index is 570. The number of unbranched alkanes of at least 4 members (excludes halogenated alkanes) is 13. The molecule has 0 aliphatic carbocycles. The predicted octanol–water partition coefficient (Wildman–Crippen LogP) is 6.99. The molecule has 1 aromatic rings. The highest BCUT2D eigenvalue weighted by molar-refractivity contribution is 5.94. The van der Waals surface area contributed by atoms with E-state index < -0.39 is 0 Å². The van der Waals surface area contributed by atoms with Crippen molar-refractivity contribution in [2.75, 3.05) is 5.32 Å². The first-order valence-corrected chi connectivity index (χ1v) is 11.9. The van der Waals surface area contributed by atoms with Crippen molar-refractivity contribution in [2.24, 2.45) is 5.73 Å². The topological polar surface area (TPSA) is 55.1 Å². The molecule has 0 fully saturated rings. The van der Waals surface area contributed by atoms with Crippen LogP contribution < -0.4 is 11.1 Å². The number of anilines is 1. The van der Waals surface area contributed by atoms with E-state index in [9.17, 15) is 4.79 Å². The summed E-state index contributed by atoms with van der Waals surface area (Å²) in [6, 6.07) is 6.32. The minimum Gasteiger partial charge on any atom is -0.382 e. The zero-order chi connectivity index (χ0) is 20.0. The number of rotatable bonds is 16. The van der Waals surface area contributed by atoms with E-state index in [1.807, 2.05) is 18.2 Å². The molecule has 2 rings (SSSR count). The Hall–Kier alpha value is -1.51. The van der Waals surface area contributed by atoms with Crippen molar-refractivity contribution in [1.29, 1.82) is 0 Å². The van der Waals surface area contributed by atoms with Gasteiger partial charge in [-0.1, -0.05) is 103 Å². The molecule has 0 radical (unpaired) electrons. The Morgan fingerprint density at radius 2 is 1.43 bits per heavy atom. The maximum atomic E-state index is 11.3. The van der Waals surface area contributed by atoms with Gasteiger partial charge in [-0.3, -0.25) is 4.79 Å². The lowest BCUT2D eigenvalue weighted by Crippen LogP contribution is -2.15. The lowest BCUT2D eigenvalue weighted by molar-refractivity contribution is 0.100. The van der Waals surface area contributed by atoms with Crippen LogP contribution in [0.1, 0.15) is 119 Å². The number of hydrogen-bond acceptors (Lipinski definition) is 2. The number of amides is 1. The summed E-state index contributed by atoms with van der Waals surface area (Å²) < 4.78 is 0. The molecule has 1 unspecified atom stereocenters. The van der Waals surface area contributed by atoms with Gasteiger partial charge >= 0.3 is 0 Å². The molecule has 28 heavy (non-hydrogen) atoms. The summed E-state index contributed by atoms with van der Waals surface area (Å²) >= 11 is 0. The van der Waals surface area contributed by atoms with Crippen molar-refractivity contribution >= 4 is 11.6 Å². The fourth-order valence-corrected chi connectivity index (χ4v) is 4.34. The highest BCUT2D eigenvalue weighted by Gasteiger charge is 2.20. The maximum Gasteiger partial charge on any atom is 0.248 e. The van der Waals surface area contributed by atoms with Gasteiger partial charge < -0.3 is 11.1 Å². The van der Waals surface area contributed by atoms with Crippen molar-refractivity contribution in [3.8, 4) is 0 Å². The van der Waals surface area contributed by atoms with Crippen LogP contribution in [0.25, 0.3) is 0 Å². The molecule has 0 saturated heterocycles. The average Bonchev–Trinajstić information content (AvgIpc) is 3.10. The largest absolute Gasteiger partial charge is 0.382 e. The van der Waals surface area contributed by atoms with Crippen molar-refractivity contribution in [2.45, 2.75) is 116 Å². The van der Waals surface area contributed by atoms with Crippen LogP contribution in [0.15, 0.2) is 18.2 Å². The van der Waals surface area contributed by atoms with Crippen LogP contribution in [0.2, 0.25) is 0 Å². The number of nitrogens with one attached hydrogen (secondary N) is 1. The highest BCUT2D eigenvalue weighted by Crippen LogP contribution is 2.29. The molecule has 0 bridgehead atoms. The van der Waals surface area contributed by atoms with E-state index >= 15 is 0 Å². The molecule has 0 aromatic heterocycles. The molecule has 3 N–H and O–H groups in total. The average molecular weight is 387 g/mol. The van der Waals surface area contributed by atoms with Crippen LogP contribution in [0.3, 0.4) is 0 Å². The second kappa shape index (κ2) is 13.6. The number of carbonyl (C=O) groups excluding carboxylic acids is 1. The molecule has 1 heterocycles. The summed E-state index contributed by atoms with van der Waals surface area (Å²) in [5.74, 6) is -0.347. The number of fused-ring (bicyclic) bond motifs is 1. The third kappa shape index (κ3) is 8.67. The number of hydrogen-bond donors (Lipinski definition) is 2. The Labute approximate surface area is 172 Å². The minimum atomic E-state index is -0.347. The Balaban J connectivity index is 1.40. The quantitative estimate of drug-likeness (QED) is 0.301. The van der Waals surface area contributed by atoms with Gasteiger partial charge in [0.05, 0.1) is 0 Å². The molecule has 1 aliphatic heterocycles. The van der Waals surface area contributed by atoms with Gasteiger partial charge in [-0.2, -0.15) is 0 Å². The molecular weight excluding hydrogens is 344 g/mol. The van der Waals surface area contributed by atoms with Crippen molar-refractivity contribution in [3.05, 3.63) is 29.3 Å². The smallest absolute Gasteiger partial charge is 0.248 e. The van der Waals surface area contributed by atoms with Crippen molar-refractivity contribution in [1.82, 2.24) is 0 Å². The third-order valence-corrected chi connectivity index (χ3v) is 6.13. The molecular formula is C25H42N2O. The first-order valence-electron chi connectivity index (χ1n) is 11.9. The minimum absolute atomic E-state index is 0.347. The molecule has 3 nitrogen and oxygen atoms in total. The predicted molar refractivity (Wildman–Crippen MR) is 121 cm³/mol. The zero-order valence-corrected chi connectivity index (χ0v) is 18.1. The molecule has 1 atom stereocenters. The van der Waals surface area contributed by atoms with Gasteiger partial charge in [0.25, 0.3) is 0 Å². The van der Waals surface area contributed by atoms with Gasteiger partial charge in [0.2, 0.25) is 5.91 Å². The van der Waals surface area contributed by atoms with Gasteiger partial charge in [-0.15, -0.1) is 0 Å². The molecule has 0 spiro atoms. The lowest BCUT2D eigenvalue weighted by atomic mass is 10.0. The zero-order valence-electron chi connectivity index (χ0n) is 18.1. The second-order valence-corrected chi connectivity index (χ2v) is 8.67. The van der Waals surface area contributed by atoms with Gasteiger partial charge in [0, 0.05) is 17.3 Å². The van der Waals surface area contributed by atoms with Crippen LogP contribution in [0, 0.1) is 0 Å². The third-order valence-electron chi connectivity index (χ3n) is 6.13. The van der Waals surface area contributed by atoms with E-state index in [0.29, 0.717) is 11.6 Å². The lowest BCUT2D eigenvalue weighted by Gasteiger charge is -2.11. The SMILES string of the molecule is CCCCCCCCCCCCCCCCC1Cc2ccc(C(N)=O)cc2N1. The molecule has 1 aliphatic rings. The van der Waals surface area contributed by atoms with Crippen molar-refractivity contribution in [3.63, 3.8) is 0 Å². The summed E-state index contributed by atoms with van der Waals surface area (Å²) in [6.07, 6.45) is 22.0. The van der Waals surface area contributed by atoms with E-state index in [1.54, 1.807) is 0 Å². The number of carbonyl (C=O) groups is 1. The summed E-state index contributed by atoms with van der Waals surface area (Å²) in [5, 5.41) is 3.57. The molecule has 0 saturated carbocycles. The fraction of sp³-hybridized carbons (Fsp3) is 0.720. The van der Waals surface area contributed by atoms with Gasteiger partial charge in [0.15, 0.2) is 0 Å². The van der Waals surface area contributed by atoms with E-state index in [2.05, 4.69) is 12.2 Å². The normalized spacial score (nSPS) is 15.4. The van der Waals surface area contributed by atoms with Gasteiger partial charge in [0.1, 0.15) is 0 Å².